The Balaban J connectivity index is 5.60. The average molecular weight is 584 g/mol. The van der Waals surface area contributed by atoms with Gasteiger partial charge in [0.15, 0.2) is 0 Å². The van der Waals surface area contributed by atoms with Gasteiger partial charge in [-0.15, -0.1) is 0 Å². The standard InChI is InChI=1S/C16H18F13I/c1-2-3-4-5-6-7-8-10(30)9-11(17,18)12(19,20)13(21,22)14(23,24)15(25,26)16(27,28)29/h8H,2-7,9H2,1H3/b10-8-. The van der Waals surface area contributed by atoms with Crippen molar-refractivity contribution in [1.82, 2.24) is 0 Å². The number of unbranched alkanes of at least 4 members (excludes halogenated alkanes) is 5. The summed E-state index contributed by atoms with van der Waals surface area (Å²) >= 11 is 1.04. The van der Waals surface area contributed by atoms with Crippen LogP contribution in [0.5, 0.6) is 0 Å². The van der Waals surface area contributed by atoms with Crippen LogP contribution in [-0.2, 0) is 0 Å². The average Bonchev–Trinajstić information content (AvgIpc) is 2.55. The minimum atomic E-state index is -7.85. The normalized spacial score (nSPS) is 15.6. The summed E-state index contributed by atoms with van der Waals surface area (Å²) in [6, 6.07) is 0. The van der Waals surface area contributed by atoms with Crippen LogP contribution in [0, 0.1) is 0 Å². The summed E-state index contributed by atoms with van der Waals surface area (Å²) in [5.74, 6) is -36.5. The van der Waals surface area contributed by atoms with E-state index in [1.165, 1.54) is 0 Å². The van der Waals surface area contributed by atoms with E-state index in [1.54, 1.807) is 0 Å². The van der Waals surface area contributed by atoms with E-state index in [0.29, 0.717) is 12.8 Å². The number of halogens is 14. The van der Waals surface area contributed by atoms with Gasteiger partial charge in [0.1, 0.15) is 0 Å². The number of allylic oxidation sites excluding steroid dienone is 2. The molecule has 0 N–H and O–H groups in total. The lowest BCUT2D eigenvalue weighted by molar-refractivity contribution is -0.439. The van der Waals surface area contributed by atoms with Gasteiger partial charge in [-0.25, -0.2) is 0 Å². The predicted molar refractivity (Wildman–Crippen MR) is 90.9 cm³/mol. The molecule has 180 valence electrons. The van der Waals surface area contributed by atoms with Crippen LogP contribution in [-0.4, -0.2) is 35.8 Å². The van der Waals surface area contributed by atoms with Gasteiger partial charge in [-0.05, 0) is 39.0 Å². The molecule has 0 amide bonds. The molecule has 0 aromatic heterocycles. The molecule has 0 spiro atoms. The second-order valence-corrected chi connectivity index (χ2v) is 7.92. The Labute approximate surface area is 177 Å². The molecule has 0 aliphatic heterocycles. The number of hydrogen-bond donors (Lipinski definition) is 0. The van der Waals surface area contributed by atoms with Crippen LogP contribution in [0.4, 0.5) is 57.1 Å². The zero-order chi connectivity index (χ0) is 24.2. The monoisotopic (exact) mass is 584 g/mol. The third-order valence-corrected chi connectivity index (χ3v) is 4.88. The molecule has 30 heavy (non-hydrogen) atoms. The molecule has 0 heterocycles. The van der Waals surface area contributed by atoms with E-state index < -0.39 is 45.8 Å². The molecule has 0 aromatic rings. The highest BCUT2D eigenvalue weighted by Crippen LogP contribution is 2.61. The molecule has 0 fully saturated rings. The van der Waals surface area contributed by atoms with E-state index >= 15 is 0 Å². The Morgan fingerprint density at radius 3 is 1.50 bits per heavy atom. The highest BCUT2D eigenvalue weighted by Gasteiger charge is 2.90. The molecule has 0 bridgehead atoms. The van der Waals surface area contributed by atoms with Crippen molar-refractivity contribution in [2.45, 2.75) is 87.7 Å². The fraction of sp³-hybridized carbons (Fsp3) is 0.875. The minimum absolute atomic E-state index is 0.0579. The van der Waals surface area contributed by atoms with Crippen molar-refractivity contribution in [3.63, 3.8) is 0 Å². The minimum Gasteiger partial charge on any atom is -0.199 e. The third kappa shape index (κ3) is 5.87. The number of alkyl halides is 13. The van der Waals surface area contributed by atoms with Crippen LogP contribution in [0.1, 0.15) is 51.9 Å². The second kappa shape index (κ2) is 10.0. The van der Waals surface area contributed by atoms with Crippen molar-refractivity contribution in [2.75, 3.05) is 0 Å². The van der Waals surface area contributed by atoms with Crippen molar-refractivity contribution in [2.24, 2.45) is 0 Å². The van der Waals surface area contributed by atoms with Gasteiger partial charge in [-0.1, -0.05) is 38.7 Å². The summed E-state index contributed by atoms with van der Waals surface area (Å²) in [5, 5.41) is 0. The fourth-order valence-electron chi connectivity index (χ4n) is 2.20. The van der Waals surface area contributed by atoms with Crippen molar-refractivity contribution >= 4 is 22.6 Å². The molecule has 0 atom stereocenters. The van der Waals surface area contributed by atoms with E-state index in [0.717, 1.165) is 47.9 Å². The van der Waals surface area contributed by atoms with Gasteiger partial charge in [-0.2, -0.15) is 57.1 Å². The van der Waals surface area contributed by atoms with E-state index in [1.807, 2.05) is 6.92 Å². The molecule has 0 saturated carbocycles. The quantitative estimate of drug-likeness (QED) is 0.122. The summed E-state index contributed by atoms with van der Waals surface area (Å²) in [5.41, 5.74) is 0. The van der Waals surface area contributed by atoms with Gasteiger partial charge in [-0.3, -0.25) is 0 Å². The first-order chi connectivity index (χ1) is 13.2. The van der Waals surface area contributed by atoms with Crippen LogP contribution < -0.4 is 0 Å². The maximum Gasteiger partial charge on any atom is 0.460 e. The second-order valence-electron chi connectivity index (χ2n) is 6.53. The smallest absolute Gasteiger partial charge is 0.199 e. The summed E-state index contributed by atoms with van der Waals surface area (Å²) in [6.07, 6.45) is -5.05. The van der Waals surface area contributed by atoms with Crippen molar-refractivity contribution in [3.05, 3.63) is 9.66 Å². The Bertz CT molecular complexity index is 578. The molecule has 0 nitrogen and oxygen atoms in total. The Hall–Kier alpha value is -0.440. The van der Waals surface area contributed by atoms with Crippen LogP contribution in [0.2, 0.25) is 0 Å². The third-order valence-electron chi connectivity index (χ3n) is 4.06. The van der Waals surface area contributed by atoms with Gasteiger partial charge < -0.3 is 0 Å². The first kappa shape index (κ1) is 29.6. The highest BCUT2D eigenvalue weighted by molar-refractivity contribution is 14.1. The summed E-state index contributed by atoms with van der Waals surface area (Å²) in [6.45, 7) is 1.91. The Kier molecular flexibility index (Phi) is 9.86. The largest absolute Gasteiger partial charge is 0.460 e. The summed E-state index contributed by atoms with van der Waals surface area (Å²) in [7, 11) is 0. The number of hydrogen-bond acceptors (Lipinski definition) is 0. The molecule has 0 aliphatic carbocycles. The van der Waals surface area contributed by atoms with E-state index in [-0.39, 0.29) is 6.42 Å². The molecule has 0 rings (SSSR count). The van der Waals surface area contributed by atoms with Crippen LogP contribution in [0.3, 0.4) is 0 Å². The first-order valence-electron chi connectivity index (χ1n) is 8.51. The first-order valence-corrected chi connectivity index (χ1v) is 9.59. The number of rotatable bonds is 12. The Morgan fingerprint density at radius 2 is 1.07 bits per heavy atom. The maximum absolute atomic E-state index is 13.7. The van der Waals surface area contributed by atoms with Crippen molar-refractivity contribution < 1.29 is 57.1 Å². The molecular formula is C16H18F13I. The van der Waals surface area contributed by atoms with Gasteiger partial charge in [0.2, 0.25) is 0 Å². The Morgan fingerprint density at radius 1 is 0.633 bits per heavy atom. The fourth-order valence-corrected chi connectivity index (χ4v) is 2.99. The summed E-state index contributed by atoms with van der Waals surface area (Å²) in [4.78, 5) is 0. The van der Waals surface area contributed by atoms with Crippen molar-refractivity contribution in [3.8, 4) is 0 Å². The lowest BCUT2D eigenvalue weighted by atomic mass is 9.92. The van der Waals surface area contributed by atoms with Crippen LogP contribution in [0.15, 0.2) is 9.66 Å². The molecule has 0 radical (unpaired) electrons. The van der Waals surface area contributed by atoms with Crippen molar-refractivity contribution in [1.29, 1.82) is 0 Å². The van der Waals surface area contributed by atoms with E-state index in [4.69, 9.17) is 0 Å². The summed E-state index contributed by atoms with van der Waals surface area (Å²) < 4.78 is 168. The van der Waals surface area contributed by atoms with E-state index in [9.17, 15) is 57.1 Å². The predicted octanol–water partition coefficient (Wildman–Crippen LogP) is 8.79. The SMILES string of the molecule is CCCCCCC/C=C(\I)CC(F)(F)C(F)(F)C(F)(F)C(F)(F)C(F)(F)C(F)(F)F. The van der Waals surface area contributed by atoms with Gasteiger partial charge in [0.05, 0.1) is 0 Å². The van der Waals surface area contributed by atoms with Gasteiger partial charge >= 0.3 is 35.8 Å². The molecule has 14 heteroatoms. The molecule has 0 aliphatic rings. The van der Waals surface area contributed by atoms with Gasteiger partial charge in [0, 0.05) is 6.42 Å². The molecule has 0 unspecified atom stereocenters. The van der Waals surface area contributed by atoms with Gasteiger partial charge in [0.25, 0.3) is 0 Å². The van der Waals surface area contributed by atoms with Crippen LogP contribution >= 0.6 is 22.6 Å². The lowest BCUT2D eigenvalue weighted by Gasteiger charge is -2.39. The maximum atomic E-state index is 13.7. The zero-order valence-corrected chi connectivity index (χ0v) is 17.5. The zero-order valence-electron chi connectivity index (χ0n) is 15.3. The molecule has 0 aromatic carbocycles. The van der Waals surface area contributed by atoms with Crippen LogP contribution in [0.25, 0.3) is 0 Å². The topological polar surface area (TPSA) is 0 Å². The molecule has 0 saturated heterocycles. The molecular weight excluding hydrogens is 566 g/mol. The van der Waals surface area contributed by atoms with E-state index in [2.05, 4.69) is 0 Å². The highest BCUT2D eigenvalue weighted by atomic mass is 127. The lowest BCUT2D eigenvalue weighted by Crippen LogP contribution is -2.70.